The van der Waals surface area contributed by atoms with Crippen molar-refractivity contribution in [3.05, 3.63) is 53.3 Å². The lowest BCUT2D eigenvalue weighted by molar-refractivity contribution is 0.0696. The average Bonchev–Trinajstić information content (AvgIpc) is 2.43. The number of amides is 1. The predicted molar refractivity (Wildman–Crippen MR) is 71.1 cm³/mol. The van der Waals surface area contributed by atoms with E-state index < -0.39 is 23.4 Å². The van der Waals surface area contributed by atoms with Gasteiger partial charge in [0, 0.05) is 0 Å². The van der Waals surface area contributed by atoms with Crippen LogP contribution < -0.4 is 5.32 Å². The molecule has 0 aliphatic carbocycles. The number of aromatic hydroxyl groups is 2. The van der Waals surface area contributed by atoms with E-state index in [1.165, 1.54) is 0 Å². The zero-order valence-corrected chi connectivity index (χ0v) is 10.5. The van der Waals surface area contributed by atoms with Crippen molar-refractivity contribution in [1.82, 2.24) is 0 Å². The number of hydrogen-bond donors (Lipinski definition) is 4. The molecule has 0 fully saturated rings. The normalized spacial score (nSPS) is 10.1. The van der Waals surface area contributed by atoms with Crippen LogP contribution in [0.2, 0.25) is 0 Å². The summed E-state index contributed by atoms with van der Waals surface area (Å²) in [6.07, 6.45) is 0. The van der Waals surface area contributed by atoms with E-state index in [1.807, 2.05) is 0 Å². The second kappa shape index (κ2) is 5.49. The van der Waals surface area contributed by atoms with Crippen LogP contribution in [0.5, 0.6) is 11.5 Å². The van der Waals surface area contributed by atoms with E-state index in [2.05, 4.69) is 5.32 Å². The van der Waals surface area contributed by atoms with E-state index >= 15 is 0 Å². The minimum Gasteiger partial charge on any atom is -0.507 e. The van der Waals surface area contributed by atoms with Crippen LogP contribution >= 0.6 is 0 Å². The van der Waals surface area contributed by atoms with Gasteiger partial charge in [-0.25, -0.2) is 9.18 Å². The highest BCUT2D eigenvalue weighted by atomic mass is 19.1. The van der Waals surface area contributed by atoms with Gasteiger partial charge in [-0.15, -0.1) is 0 Å². The number of rotatable bonds is 3. The van der Waals surface area contributed by atoms with Crippen molar-refractivity contribution < 1.29 is 29.3 Å². The van der Waals surface area contributed by atoms with Crippen molar-refractivity contribution in [1.29, 1.82) is 0 Å². The number of hydrogen-bond acceptors (Lipinski definition) is 4. The molecule has 0 aliphatic heterocycles. The Balaban J connectivity index is 2.33. The summed E-state index contributed by atoms with van der Waals surface area (Å²) < 4.78 is 13.1. The molecule has 0 saturated heterocycles. The fraction of sp³-hybridized carbons (Fsp3) is 0. The Morgan fingerprint density at radius 2 is 1.67 bits per heavy atom. The molecule has 0 atom stereocenters. The lowest BCUT2D eigenvalue weighted by Gasteiger charge is -2.09. The molecule has 0 bridgehead atoms. The number of carboxylic acid groups (broad SMARTS) is 1. The topological polar surface area (TPSA) is 107 Å². The van der Waals surface area contributed by atoms with E-state index in [1.54, 1.807) is 0 Å². The van der Waals surface area contributed by atoms with E-state index in [0.29, 0.717) is 0 Å². The van der Waals surface area contributed by atoms with Gasteiger partial charge in [-0.05, 0) is 36.4 Å². The largest absolute Gasteiger partial charge is 0.507 e. The third kappa shape index (κ3) is 3.08. The molecule has 2 aromatic carbocycles. The van der Waals surface area contributed by atoms with E-state index in [-0.39, 0.29) is 22.6 Å². The minimum absolute atomic E-state index is 0.147. The van der Waals surface area contributed by atoms with Crippen LogP contribution in [0.25, 0.3) is 0 Å². The number of phenols is 2. The molecule has 0 aromatic heterocycles. The van der Waals surface area contributed by atoms with Gasteiger partial charge < -0.3 is 20.6 Å². The third-order valence-corrected chi connectivity index (χ3v) is 2.69. The smallest absolute Gasteiger partial charge is 0.335 e. The summed E-state index contributed by atoms with van der Waals surface area (Å²) in [4.78, 5) is 22.8. The van der Waals surface area contributed by atoms with E-state index in [0.717, 1.165) is 36.4 Å². The highest BCUT2D eigenvalue weighted by Gasteiger charge is 2.15. The second-order valence-electron chi connectivity index (χ2n) is 4.15. The Morgan fingerprint density at radius 3 is 2.33 bits per heavy atom. The molecule has 2 rings (SSSR count). The Labute approximate surface area is 118 Å². The van der Waals surface area contributed by atoms with Crippen molar-refractivity contribution in [2.45, 2.75) is 0 Å². The zero-order chi connectivity index (χ0) is 15.6. The molecule has 0 spiro atoms. The van der Waals surface area contributed by atoms with E-state index in [9.17, 15) is 24.2 Å². The molecular formula is C14H10FNO5. The highest BCUT2D eigenvalue weighted by molar-refractivity contribution is 6.07. The summed E-state index contributed by atoms with van der Waals surface area (Å²) in [6.45, 7) is 0. The van der Waals surface area contributed by atoms with Gasteiger partial charge in [-0.2, -0.15) is 0 Å². The van der Waals surface area contributed by atoms with Crippen LogP contribution in [0.4, 0.5) is 10.1 Å². The molecule has 0 heterocycles. The first-order valence-corrected chi connectivity index (χ1v) is 5.74. The van der Waals surface area contributed by atoms with Crippen LogP contribution in [0.3, 0.4) is 0 Å². The summed E-state index contributed by atoms with van der Waals surface area (Å²) in [5.74, 6) is -3.64. The van der Waals surface area contributed by atoms with Gasteiger partial charge in [0.2, 0.25) is 0 Å². The highest BCUT2D eigenvalue weighted by Crippen LogP contribution is 2.26. The van der Waals surface area contributed by atoms with Crippen molar-refractivity contribution in [3.8, 4) is 11.5 Å². The molecule has 0 radical (unpaired) electrons. The molecule has 0 aliphatic rings. The molecule has 7 heteroatoms. The Hall–Kier alpha value is -3.09. The zero-order valence-electron chi connectivity index (χ0n) is 10.5. The summed E-state index contributed by atoms with van der Waals surface area (Å²) >= 11 is 0. The Morgan fingerprint density at radius 1 is 1.00 bits per heavy atom. The molecule has 0 saturated carbocycles. The van der Waals surface area contributed by atoms with Gasteiger partial charge in [0.05, 0.1) is 16.8 Å². The molecule has 0 unspecified atom stereocenters. The summed E-state index contributed by atoms with van der Waals surface area (Å²) in [5, 5.41) is 30.2. The standard InChI is InChI=1S/C14H10FNO5/c15-8-2-4-11(17)9(6-8)13(19)16-10-5-7(14(20)21)1-3-12(10)18/h1-6,17-18H,(H,16,19)(H,20,21). The second-order valence-corrected chi connectivity index (χ2v) is 4.15. The summed E-state index contributed by atoms with van der Waals surface area (Å²) in [5.41, 5.74) is -0.648. The van der Waals surface area contributed by atoms with Crippen molar-refractivity contribution in [2.75, 3.05) is 5.32 Å². The quantitative estimate of drug-likeness (QED) is 0.648. The number of carbonyl (C=O) groups is 2. The van der Waals surface area contributed by atoms with Crippen LogP contribution in [0.15, 0.2) is 36.4 Å². The average molecular weight is 291 g/mol. The van der Waals surface area contributed by atoms with Gasteiger partial charge in [0.1, 0.15) is 17.3 Å². The summed E-state index contributed by atoms with van der Waals surface area (Å²) in [7, 11) is 0. The first-order chi connectivity index (χ1) is 9.88. The number of nitrogens with one attached hydrogen (secondary N) is 1. The molecular weight excluding hydrogens is 281 g/mol. The fourth-order valence-corrected chi connectivity index (χ4v) is 1.65. The maximum Gasteiger partial charge on any atom is 0.335 e. The predicted octanol–water partition coefficient (Wildman–Crippen LogP) is 2.19. The van der Waals surface area contributed by atoms with Crippen molar-refractivity contribution in [3.63, 3.8) is 0 Å². The number of phenolic OH excluding ortho intramolecular Hbond substituents is 2. The maximum atomic E-state index is 13.1. The number of anilines is 1. The molecule has 2 aromatic rings. The first-order valence-electron chi connectivity index (χ1n) is 5.74. The van der Waals surface area contributed by atoms with Gasteiger partial charge >= 0.3 is 5.97 Å². The van der Waals surface area contributed by atoms with Crippen molar-refractivity contribution >= 4 is 17.6 Å². The number of aromatic carboxylic acids is 1. The molecule has 1 amide bonds. The Kier molecular flexibility index (Phi) is 3.75. The first kappa shape index (κ1) is 14.3. The molecule has 108 valence electrons. The molecule has 21 heavy (non-hydrogen) atoms. The van der Waals surface area contributed by atoms with Crippen molar-refractivity contribution in [2.24, 2.45) is 0 Å². The van der Waals surface area contributed by atoms with Crippen LogP contribution in [0, 0.1) is 5.82 Å². The third-order valence-electron chi connectivity index (χ3n) is 2.69. The van der Waals surface area contributed by atoms with Crippen LogP contribution in [-0.4, -0.2) is 27.2 Å². The number of benzene rings is 2. The van der Waals surface area contributed by atoms with Gasteiger partial charge in [0.25, 0.3) is 5.91 Å². The number of halogens is 1. The number of carbonyl (C=O) groups excluding carboxylic acids is 1. The van der Waals surface area contributed by atoms with Gasteiger partial charge in [-0.3, -0.25) is 4.79 Å². The minimum atomic E-state index is -1.24. The van der Waals surface area contributed by atoms with Gasteiger partial charge in [-0.1, -0.05) is 0 Å². The van der Waals surface area contributed by atoms with E-state index in [4.69, 9.17) is 5.11 Å². The SMILES string of the molecule is O=C(O)c1ccc(O)c(NC(=O)c2cc(F)ccc2O)c1. The molecule has 6 nitrogen and oxygen atoms in total. The number of carboxylic acids is 1. The van der Waals surface area contributed by atoms with Crippen LogP contribution in [0.1, 0.15) is 20.7 Å². The lowest BCUT2D eigenvalue weighted by atomic mass is 10.1. The lowest BCUT2D eigenvalue weighted by Crippen LogP contribution is -2.13. The monoisotopic (exact) mass is 291 g/mol. The summed E-state index contributed by atoms with van der Waals surface area (Å²) in [6, 6.07) is 6.12. The Bertz CT molecular complexity index is 729. The van der Waals surface area contributed by atoms with Crippen LogP contribution in [-0.2, 0) is 0 Å². The fourth-order valence-electron chi connectivity index (χ4n) is 1.65. The van der Waals surface area contributed by atoms with Gasteiger partial charge in [0.15, 0.2) is 0 Å². The maximum absolute atomic E-state index is 13.1. The molecule has 4 N–H and O–H groups in total.